The molecule has 0 atom stereocenters. The van der Waals surface area contributed by atoms with Crippen LogP contribution in [0.1, 0.15) is 20.8 Å². The lowest BCUT2D eigenvalue weighted by Crippen LogP contribution is -2.24. The smallest absolute Gasteiger partial charge is 0.263 e. The molecular formula is C10H12BrN3O. The van der Waals surface area contributed by atoms with Crippen molar-refractivity contribution in [2.75, 3.05) is 0 Å². The number of hydrogen-bond donors (Lipinski definition) is 1. The Balaban J connectivity index is 2.81. The zero-order valence-corrected chi connectivity index (χ0v) is 10.4. The molecule has 0 fully saturated rings. The highest BCUT2D eigenvalue weighted by Crippen LogP contribution is 2.20. The van der Waals surface area contributed by atoms with Gasteiger partial charge in [0.1, 0.15) is 5.65 Å². The quantitative estimate of drug-likeness (QED) is 0.798. The van der Waals surface area contributed by atoms with E-state index in [2.05, 4.69) is 26.0 Å². The van der Waals surface area contributed by atoms with Crippen molar-refractivity contribution in [1.82, 2.24) is 14.8 Å². The van der Waals surface area contributed by atoms with Crippen molar-refractivity contribution in [2.24, 2.45) is 0 Å². The van der Waals surface area contributed by atoms with Gasteiger partial charge in [-0.3, -0.25) is 4.79 Å². The lowest BCUT2D eigenvalue weighted by Gasteiger charge is -2.19. The first-order valence-corrected chi connectivity index (χ1v) is 5.46. The number of aromatic amines is 1. The highest BCUT2D eigenvalue weighted by atomic mass is 79.9. The molecule has 0 saturated heterocycles. The molecule has 0 spiro atoms. The van der Waals surface area contributed by atoms with E-state index in [1.54, 1.807) is 12.3 Å². The molecule has 4 nitrogen and oxygen atoms in total. The second-order valence-corrected chi connectivity index (χ2v) is 5.33. The van der Waals surface area contributed by atoms with E-state index < -0.39 is 0 Å². The van der Waals surface area contributed by atoms with Crippen LogP contribution in [0.2, 0.25) is 0 Å². The normalized spacial score (nSPS) is 12.3. The molecule has 0 aliphatic rings. The second-order valence-electron chi connectivity index (χ2n) is 4.48. The summed E-state index contributed by atoms with van der Waals surface area (Å²) in [5.41, 5.74) is 0.489. The molecule has 0 bridgehead atoms. The van der Waals surface area contributed by atoms with Gasteiger partial charge in [0.2, 0.25) is 0 Å². The van der Waals surface area contributed by atoms with Crippen molar-refractivity contribution < 1.29 is 0 Å². The topological polar surface area (TPSA) is 50.7 Å². The van der Waals surface area contributed by atoms with Gasteiger partial charge in [0.25, 0.3) is 5.56 Å². The molecule has 0 unspecified atom stereocenters. The Kier molecular flexibility index (Phi) is 2.22. The average molecular weight is 270 g/mol. The number of nitrogens with zero attached hydrogens (tertiary/aromatic N) is 2. The molecule has 2 heterocycles. The second kappa shape index (κ2) is 3.20. The molecule has 2 aromatic heterocycles. The SMILES string of the molecule is CC(C)(C)n1ncc2cc(Br)c(=O)[nH]c21. The monoisotopic (exact) mass is 269 g/mol. The minimum Gasteiger partial charge on any atom is -0.306 e. The van der Waals surface area contributed by atoms with Crippen molar-refractivity contribution in [1.29, 1.82) is 0 Å². The minimum atomic E-state index is -0.140. The molecule has 0 aromatic carbocycles. The van der Waals surface area contributed by atoms with Crippen LogP contribution < -0.4 is 5.56 Å². The fourth-order valence-corrected chi connectivity index (χ4v) is 1.82. The standard InChI is InChI=1S/C10H12BrN3O/c1-10(2,3)14-8-6(5-12-14)4-7(11)9(15)13-8/h4-5H,1-3H3,(H,13,15). The van der Waals surface area contributed by atoms with E-state index in [0.717, 1.165) is 11.0 Å². The molecule has 5 heteroatoms. The van der Waals surface area contributed by atoms with Crippen molar-refractivity contribution >= 4 is 27.0 Å². The van der Waals surface area contributed by atoms with Crippen LogP contribution in [0.4, 0.5) is 0 Å². The highest BCUT2D eigenvalue weighted by molar-refractivity contribution is 9.10. The summed E-state index contributed by atoms with van der Waals surface area (Å²) in [4.78, 5) is 14.3. The predicted molar refractivity (Wildman–Crippen MR) is 63.0 cm³/mol. The van der Waals surface area contributed by atoms with Crippen molar-refractivity contribution in [2.45, 2.75) is 26.3 Å². The fourth-order valence-electron chi connectivity index (χ4n) is 1.47. The molecule has 0 saturated carbocycles. The van der Waals surface area contributed by atoms with Gasteiger partial charge in [-0.2, -0.15) is 5.10 Å². The zero-order chi connectivity index (χ0) is 11.2. The summed E-state index contributed by atoms with van der Waals surface area (Å²) < 4.78 is 2.35. The summed E-state index contributed by atoms with van der Waals surface area (Å²) in [5.74, 6) is 0. The van der Waals surface area contributed by atoms with Crippen LogP contribution in [0.3, 0.4) is 0 Å². The summed E-state index contributed by atoms with van der Waals surface area (Å²) in [6, 6.07) is 1.78. The number of rotatable bonds is 0. The van der Waals surface area contributed by atoms with Crippen LogP contribution in [0.25, 0.3) is 11.0 Å². The van der Waals surface area contributed by atoms with Gasteiger partial charge in [-0.15, -0.1) is 0 Å². The van der Waals surface area contributed by atoms with E-state index >= 15 is 0 Å². The maximum Gasteiger partial charge on any atom is 0.263 e. The van der Waals surface area contributed by atoms with E-state index in [9.17, 15) is 4.79 Å². The van der Waals surface area contributed by atoms with Gasteiger partial charge >= 0.3 is 0 Å². The lowest BCUT2D eigenvalue weighted by molar-refractivity contribution is 0.366. The van der Waals surface area contributed by atoms with Crippen LogP contribution in [-0.2, 0) is 5.54 Å². The molecule has 0 radical (unpaired) electrons. The average Bonchev–Trinajstić information content (AvgIpc) is 2.47. The van der Waals surface area contributed by atoms with Crippen molar-refractivity contribution in [3.63, 3.8) is 0 Å². The molecule has 1 N–H and O–H groups in total. The number of H-pyrrole nitrogens is 1. The summed E-state index contributed by atoms with van der Waals surface area (Å²) >= 11 is 3.20. The van der Waals surface area contributed by atoms with Gasteiger partial charge in [0.15, 0.2) is 0 Å². The Labute approximate surface area is 95.4 Å². The molecule has 0 aliphatic heterocycles. The molecule has 15 heavy (non-hydrogen) atoms. The van der Waals surface area contributed by atoms with Crippen LogP contribution in [0.5, 0.6) is 0 Å². The van der Waals surface area contributed by atoms with E-state index in [0.29, 0.717) is 4.47 Å². The van der Waals surface area contributed by atoms with E-state index in [1.165, 1.54) is 0 Å². The van der Waals surface area contributed by atoms with Crippen molar-refractivity contribution in [3.8, 4) is 0 Å². The fraction of sp³-hybridized carbons (Fsp3) is 0.400. The molecule has 2 rings (SSSR count). The number of aromatic nitrogens is 3. The third-order valence-corrected chi connectivity index (χ3v) is 2.75. The van der Waals surface area contributed by atoms with Gasteiger partial charge in [-0.1, -0.05) is 0 Å². The van der Waals surface area contributed by atoms with E-state index in [1.807, 2.05) is 25.5 Å². The maximum absolute atomic E-state index is 11.5. The Morgan fingerprint density at radius 1 is 1.47 bits per heavy atom. The largest absolute Gasteiger partial charge is 0.306 e. The molecule has 2 aromatic rings. The first-order chi connectivity index (χ1) is 6.89. The van der Waals surface area contributed by atoms with Crippen LogP contribution in [-0.4, -0.2) is 14.8 Å². The van der Waals surface area contributed by atoms with Gasteiger partial charge in [0.05, 0.1) is 16.2 Å². The van der Waals surface area contributed by atoms with Gasteiger partial charge < -0.3 is 4.98 Å². The molecule has 80 valence electrons. The molecular weight excluding hydrogens is 258 g/mol. The summed E-state index contributed by atoms with van der Waals surface area (Å²) in [6.45, 7) is 6.12. The van der Waals surface area contributed by atoms with Crippen LogP contribution in [0, 0.1) is 0 Å². The summed E-state index contributed by atoms with van der Waals surface area (Å²) in [6.07, 6.45) is 1.75. The Bertz CT molecular complexity index is 562. The number of pyridine rings is 1. The zero-order valence-electron chi connectivity index (χ0n) is 8.84. The Morgan fingerprint density at radius 2 is 2.13 bits per heavy atom. The predicted octanol–water partition coefficient (Wildman–Crippen LogP) is 2.24. The Morgan fingerprint density at radius 3 is 2.73 bits per heavy atom. The molecule has 0 amide bonds. The third kappa shape index (κ3) is 1.71. The first kappa shape index (κ1) is 10.4. The lowest BCUT2D eigenvalue weighted by atomic mass is 10.1. The summed E-state index contributed by atoms with van der Waals surface area (Å²) in [5, 5.41) is 5.20. The first-order valence-electron chi connectivity index (χ1n) is 4.66. The number of nitrogens with one attached hydrogen (secondary N) is 1. The van der Waals surface area contributed by atoms with Gasteiger partial charge in [-0.25, -0.2) is 4.68 Å². The van der Waals surface area contributed by atoms with Gasteiger partial charge in [-0.05, 0) is 42.8 Å². The third-order valence-electron chi connectivity index (χ3n) is 2.16. The van der Waals surface area contributed by atoms with E-state index in [-0.39, 0.29) is 11.1 Å². The maximum atomic E-state index is 11.5. The van der Waals surface area contributed by atoms with E-state index in [4.69, 9.17) is 0 Å². The van der Waals surface area contributed by atoms with Gasteiger partial charge in [0, 0.05) is 5.39 Å². The van der Waals surface area contributed by atoms with Crippen LogP contribution >= 0.6 is 15.9 Å². The number of halogens is 1. The summed E-state index contributed by atoms with van der Waals surface area (Å²) in [7, 11) is 0. The number of fused-ring (bicyclic) bond motifs is 1. The number of hydrogen-bond acceptors (Lipinski definition) is 2. The highest BCUT2D eigenvalue weighted by Gasteiger charge is 2.17. The van der Waals surface area contributed by atoms with Crippen LogP contribution in [0.15, 0.2) is 21.5 Å². The molecule has 0 aliphatic carbocycles. The van der Waals surface area contributed by atoms with Crippen molar-refractivity contribution in [3.05, 3.63) is 27.1 Å². The minimum absolute atomic E-state index is 0.131. The Hall–Kier alpha value is -1.10.